The van der Waals surface area contributed by atoms with E-state index in [1.165, 1.54) is 5.56 Å². The van der Waals surface area contributed by atoms with Gasteiger partial charge in [-0.05, 0) is 48.6 Å². The van der Waals surface area contributed by atoms with Crippen LogP contribution in [0.15, 0.2) is 65.0 Å². The van der Waals surface area contributed by atoms with Crippen molar-refractivity contribution in [2.24, 2.45) is 7.05 Å². The Morgan fingerprint density at radius 3 is 2.35 bits per heavy atom. The molecule has 2 heterocycles. The smallest absolute Gasteiger partial charge is 0.216 e. The molecule has 0 aliphatic heterocycles. The molecule has 0 unspecified atom stereocenters. The fourth-order valence-corrected chi connectivity index (χ4v) is 4.97. The topological polar surface area (TPSA) is 40.8 Å². The van der Waals surface area contributed by atoms with E-state index >= 15 is 0 Å². The van der Waals surface area contributed by atoms with Crippen LogP contribution in [-0.4, -0.2) is 0 Å². The SMILES string of the molecule is [2H]c1c([2H])c([2H])c(-c2c(C)cc(C#N)c3c2oc2c(-c4ccc(C(C)C)c(C)[n+]4C)c(C)ccc23)c([2H])c1[2H]. The van der Waals surface area contributed by atoms with Crippen molar-refractivity contribution in [2.75, 3.05) is 0 Å². The summed E-state index contributed by atoms with van der Waals surface area (Å²) < 4.78 is 50.5. The molecule has 0 aliphatic carbocycles. The summed E-state index contributed by atoms with van der Waals surface area (Å²) in [7, 11) is 2.03. The maximum atomic E-state index is 10.1. The zero-order chi connectivity index (χ0) is 28.5. The molecule has 34 heavy (non-hydrogen) atoms. The molecule has 168 valence electrons. The Balaban J connectivity index is 1.97. The maximum absolute atomic E-state index is 10.1. The summed E-state index contributed by atoms with van der Waals surface area (Å²) in [6, 6.07) is 10.2. The summed E-state index contributed by atoms with van der Waals surface area (Å²) in [5, 5.41) is 11.4. The highest BCUT2D eigenvalue weighted by Crippen LogP contribution is 2.43. The Morgan fingerprint density at radius 1 is 0.941 bits per heavy atom. The summed E-state index contributed by atoms with van der Waals surface area (Å²) in [4.78, 5) is 0. The molecule has 2 aromatic heterocycles. The predicted molar refractivity (Wildman–Crippen MR) is 139 cm³/mol. The van der Waals surface area contributed by atoms with Crippen LogP contribution in [0.5, 0.6) is 0 Å². The second-order valence-corrected chi connectivity index (χ2v) is 9.14. The molecule has 0 radical (unpaired) electrons. The molecule has 0 amide bonds. The Hall–Kier alpha value is -3.90. The Morgan fingerprint density at radius 2 is 1.68 bits per heavy atom. The van der Waals surface area contributed by atoms with Crippen LogP contribution in [0, 0.1) is 32.1 Å². The van der Waals surface area contributed by atoms with Gasteiger partial charge in [-0.15, -0.1) is 0 Å². The van der Waals surface area contributed by atoms with Gasteiger partial charge in [0.2, 0.25) is 5.69 Å². The molecule has 3 nitrogen and oxygen atoms in total. The quantitative estimate of drug-likeness (QED) is 0.265. The van der Waals surface area contributed by atoms with Crippen molar-refractivity contribution in [3.05, 3.63) is 88.5 Å². The number of aryl methyl sites for hydroxylation is 2. The van der Waals surface area contributed by atoms with E-state index in [9.17, 15) is 5.26 Å². The van der Waals surface area contributed by atoms with Gasteiger partial charge in [-0.3, -0.25) is 0 Å². The number of fused-ring (bicyclic) bond motifs is 3. The fraction of sp³-hybridized carbons (Fsp3) is 0.226. The summed E-state index contributed by atoms with van der Waals surface area (Å²) in [5.74, 6) is 0.370. The molecular weight excluding hydrogens is 416 g/mol. The van der Waals surface area contributed by atoms with Gasteiger partial charge in [0.25, 0.3) is 0 Å². The largest absolute Gasteiger partial charge is 0.454 e. The molecule has 3 aromatic carbocycles. The van der Waals surface area contributed by atoms with Crippen LogP contribution in [0.3, 0.4) is 0 Å². The first kappa shape index (κ1) is 16.7. The number of benzene rings is 3. The highest BCUT2D eigenvalue weighted by Gasteiger charge is 2.26. The zero-order valence-electron chi connectivity index (χ0n) is 25.3. The van der Waals surface area contributed by atoms with E-state index in [0.717, 1.165) is 27.9 Å². The first-order chi connectivity index (χ1) is 18.4. The van der Waals surface area contributed by atoms with E-state index in [4.69, 9.17) is 11.3 Å². The Bertz CT molecular complexity index is 1870. The van der Waals surface area contributed by atoms with E-state index in [0.29, 0.717) is 39.2 Å². The normalized spacial score (nSPS) is 13.5. The van der Waals surface area contributed by atoms with Gasteiger partial charge in [0.05, 0.1) is 24.0 Å². The van der Waals surface area contributed by atoms with Gasteiger partial charge in [0.15, 0.2) is 5.69 Å². The molecule has 0 saturated heterocycles. The van der Waals surface area contributed by atoms with Crippen LogP contribution >= 0.6 is 0 Å². The van der Waals surface area contributed by atoms with Crippen LogP contribution in [0.4, 0.5) is 0 Å². The number of furan rings is 1. The van der Waals surface area contributed by atoms with Crippen molar-refractivity contribution < 1.29 is 15.8 Å². The Labute approximate surface area is 207 Å². The van der Waals surface area contributed by atoms with E-state index < -0.39 is 18.1 Å². The number of pyridine rings is 1. The zero-order valence-corrected chi connectivity index (χ0v) is 20.3. The highest BCUT2D eigenvalue weighted by molar-refractivity contribution is 6.15. The van der Waals surface area contributed by atoms with Crippen molar-refractivity contribution in [2.45, 2.75) is 40.5 Å². The first-order valence-electron chi connectivity index (χ1n) is 13.9. The predicted octanol–water partition coefficient (Wildman–Crippen LogP) is 7.66. The molecule has 0 atom stereocenters. The molecule has 0 fully saturated rings. The molecule has 5 aromatic rings. The number of nitrogens with zero attached hydrogens (tertiary/aromatic N) is 2. The first-order valence-corrected chi connectivity index (χ1v) is 11.4. The molecular formula is C31H29N2O+. The Kier molecular flexibility index (Phi) is 4.00. The molecule has 0 aliphatic rings. The summed E-state index contributed by atoms with van der Waals surface area (Å²) in [6.07, 6.45) is 0. The second-order valence-electron chi connectivity index (χ2n) is 9.14. The third-order valence-corrected chi connectivity index (χ3v) is 6.77. The lowest BCUT2D eigenvalue weighted by Gasteiger charge is -2.11. The third-order valence-electron chi connectivity index (χ3n) is 6.77. The van der Waals surface area contributed by atoms with Crippen LogP contribution in [-0.2, 0) is 7.05 Å². The average molecular weight is 451 g/mol. The molecule has 0 bridgehead atoms. The lowest BCUT2D eigenvalue weighted by Crippen LogP contribution is -2.36. The van der Waals surface area contributed by atoms with E-state index in [1.54, 1.807) is 13.0 Å². The number of hydrogen-bond acceptors (Lipinski definition) is 2. The van der Waals surface area contributed by atoms with Gasteiger partial charge in [-0.1, -0.05) is 56.2 Å². The second kappa shape index (κ2) is 8.15. The van der Waals surface area contributed by atoms with Crippen LogP contribution < -0.4 is 4.57 Å². The summed E-state index contributed by atoms with van der Waals surface area (Å²) in [6.45, 7) is 10.2. The van der Waals surface area contributed by atoms with Crippen molar-refractivity contribution >= 4 is 21.9 Å². The number of nitriles is 1. The molecule has 0 saturated carbocycles. The van der Waals surface area contributed by atoms with Gasteiger partial charge in [0, 0.05) is 34.9 Å². The van der Waals surface area contributed by atoms with Crippen LogP contribution in [0.1, 0.15) is 54.6 Å². The minimum atomic E-state index is -0.452. The van der Waals surface area contributed by atoms with Gasteiger partial charge in [-0.2, -0.15) is 9.83 Å². The molecule has 0 spiro atoms. The summed E-state index contributed by atoms with van der Waals surface area (Å²) in [5.41, 5.74) is 7.62. The minimum absolute atomic E-state index is 0.0630. The van der Waals surface area contributed by atoms with E-state index in [1.807, 2.05) is 26.1 Å². The maximum Gasteiger partial charge on any atom is 0.216 e. The van der Waals surface area contributed by atoms with Crippen molar-refractivity contribution in [3.63, 3.8) is 0 Å². The number of aromatic nitrogens is 1. The van der Waals surface area contributed by atoms with Gasteiger partial charge in [-0.25, -0.2) is 0 Å². The monoisotopic (exact) mass is 450 g/mol. The van der Waals surface area contributed by atoms with Crippen molar-refractivity contribution in [1.29, 1.82) is 5.26 Å². The molecule has 5 rings (SSSR count). The summed E-state index contributed by atoms with van der Waals surface area (Å²) >= 11 is 0. The highest BCUT2D eigenvalue weighted by atomic mass is 16.3. The number of rotatable bonds is 3. The van der Waals surface area contributed by atoms with Gasteiger partial charge < -0.3 is 4.42 Å². The van der Waals surface area contributed by atoms with E-state index in [2.05, 4.69) is 43.5 Å². The minimum Gasteiger partial charge on any atom is -0.454 e. The number of hydrogen-bond donors (Lipinski definition) is 0. The fourth-order valence-electron chi connectivity index (χ4n) is 4.97. The van der Waals surface area contributed by atoms with Gasteiger partial charge >= 0.3 is 0 Å². The lowest BCUT2D eigenvalue weighted by molar-refractivity contribution is -0.667. The van der Waals surface area contributed by atoms with Crippen LogP contribution in [0.2, 0.25) is 0 Å². The van der Waals surface area contributed by atoms with Gasteiger partial charge in [0.1, 0.15) is 18.2 Å². The average Bonchev–Trinajstić information content (AvgIpc) is 3.28. The van der Waals surface area contributed by atoms with Crippen LogP contribution in [0.25, 0.3) is 44.3 Å². The molecule has 3 heteroatoms. The standard InChI is InChI=1S/C31H29N2O/c1-18(2)24-14-15-26(33(6)21(24)5)28-19(3)12-13-25-29-23(17-32)16-20(4)27(31(29)34-30(25)28)22-10-8-7-9-11-22/h7-16,18H,1-6H3/q+1/i7D,8D,9D,10D,11D. The van der Waals surface area contributed by atoms with E-state index in [-0.39, 0.29) is 17.6 Å². The third kappa shape index (κ3) is 3.22. The lowest BCUT2D eigenvalue weighted by atomic mass is 9.93. The van der Waals surface area contributed by atoms with Crippen molar-refractivity contribution in [1.82, 2.24) is 0 Å². The van der Waals surface area contributed by atoms with Crippen molar-refractivity contribution in [3.8, 4) is 28.5 Å². The molecule has 0 N–H and O–H groups in total.